The van der Waals surface area contributed by atoms with Gasteiger partial charge in [0, 0.05) is 4.75 Å². The Morgan fingerprint density at radius 3 is 1.67 bits per heavy atom. The molecular formula is C11H22S. The molecule has 0 fully saturated rings. The average molecular weight is 186 g/mol. The van der Waals surface area contributed by atoms with Crippen molar-refractivity contribution in [2.45, 2.75) is 46.3 Å². The zero-order chi connectivity index (χ0) is 10.2. The highest BCUT2D eigenvalue weighted by Gasteiger charge is 2.13. The Morgan fingerprint density at radius 1 is 1.17 bits per heavy atom. The molecule has 0 N–H and O–H groups in total. The molecule has 0 saturated carbocycles. The Labute approximate surface area is 83.2 Å². The molecule has 0 aliphatic carbocycles. The molecule has 0 saturated heterocycles. The van der Waals surface area contributed by atoms with Crippen molar-refractivity contribution in [3.8, 4) is 0 Å². The first-order chi connectivity index (χ1) is 5.52. The van der Waals surface area contributed by atoms with E-state index in [0.29, 0.717) is 0 Å². The molecule has 1 heteroatoms. The second-order valence-electron chi connectivity index (χ2n) is 2.80. The van der Waals surface area contributed by atoms with Gasteiger partial charge in [-0.05, 0) is 33.3 Å². The summed E-state index contributed by atoms with van der Waals surface area (Å²) >= 11 is 4.44. The minimum atomic E-state index is -0.0126. The summed E-state index contributed by atoms with van der Waals surface area (Å²) in [6, 6.07) is 0. The highest BCUT2D eigenvalue weighted by Crippen LogP contribution is 2.23. The summed E-state index contributed by atoms with van der Waals surface area (Å²) in [5.74, 6) is 0. The van der Waals surface area contributed by atoms with Crippen molar-refractivity contribution in [3.63, 3.8) is 0 Å². The van der Waals surface area contributed by atoms with Crippen LogP contribution in [0.3, 0.4) is 0 Å². The van der Waals surface area contributed by atoms with Crippen LogP contribution in [-0.2, 0) is 0 Å². The molecule has 12 heavy (non-hydrogen) atoms. The monoisotopic (exact) mass is 186 g/mol. The standard InChI is InChI=1S/C9H16S.C2H6/c1-5-7-8(6-2)9(3,4)10;1-2/h5-7,10H,1-4H3;1-2H3/b7-5-,8-6+;. The van der Waals surface area contributed by atoms with Gasteiger partial charge in [-0.2, -0.15) is 12.6 Å². The van der Waals surface area contributed by atoms with Crippen LogP contribution in [0.4, 0.5) is 0 Å². The van der Waals surface area contributed by atoms with Crippen molar-refractivity contribution in [2.24, 2.45) is 0 Å². The Hall–Kier alpha value is -0.170. The van der Waals surface area contributed by atoms with Gasteiger partial charge >= 0.3 is 0 Å². The first-order valence-corrected chi connectivity index (χ1v) is 4.99. The summed E-state index contributed by atoms with van der Waals surface area (Å²) in [4.78, 5) is 0. The lowest BCUT2D eigenvalue weighted by molar-refractivity contribution is 0.863. The molecule has 0 aliphatic heterocycles. The maximum atomic E-state index is 4.44. The first kappa shape index (κ1) is 14.4. The fourth-order valence-electron chi connectivity index (χ4n) is 0.833. The van der Waals surface area contributed by atoms with E-state index in [-0.39, 0.29) is 4.75 Å². The van der Waals surface area contributed by atoms with Gasteiger partial charge in [-0.1, -0.05) is 32.1 Å². The van der Waals surface area contributed by atoms with E-state index < -0.39 is 0 Å². The van der Waals surface area contributed by atoms with Crippen LogP contribution >= 0.6 is 12.6 Å². The number of thiol groups is 1. The number of hydrogen-bond donors (Lipinski definition) is 1. The summed E-state index contributed by atoms with van der Waals surface area (Å²) in [5.41, 5.74) is 1.26. The van der Waals surface area contributed by atoms with E-state index in [1.165, 1.54) is 5.57 Å². The van der Waals surface area contributed by atoms with Gasteiger partial charge in [0.15, 0.2) is 0 Å². The molecule has 0 rings (SSSR count). The summed E-state index contributed by atoms with van der Waals surface area (Å²) in [6.07, 6.45) is 6.22. The Morgan fingerprint density at radius 2 is 1.58 bits per heavy atom. The van der Waals surface area contributed by atoms with Crippen molar-refractivity contribution in [3.05, 3.63) is 23.8 Å². The maximum Gasteiger partial charge on any atom is 0.0318 e. The lowest BCUT2D eigenvalue weighted by Crippen LogP contribution is -2.12. The van der Waals surface area contributed by atoms with Crippen LogP contribution in [0, 0.1) is 0 Å². The summed E-state index contributed by atoms with van der Waals surface area (Å²) < 4.78 is -0.0126. The van der Waals surface area contributed by atoms with Crippen LogP contribution in [0.15, 0.2) is 23.8 Å². The van der Waals surface area contributed by atoms with Crippen molar-refractivity contribution in [2.75, 3.05) is 0 Å². The summed E-state index contributed by atoms with van der Waals surface area (Å²) in [7, 11) is 0. The van der Waals surface area contributed by atoms with Crippen molar-refractivity contribution in [1.29, 1.82) is 0 Å². The molecule has 0 aliphatic rings. The second-order valence-corrected chi connectivity index (χ2v) is 3.92. The fraction of sp³-hybridized carbons (Fsp3) is 0.636. The van der Waals surface area contributed by atoms with Gasteiger partial charge in [0.2, 0.25) is 0 Å². The molecule has 0 aromatic rings. The Bertz CT molecular complexity index is 147. The van der Waals surface area contributed by atoms with Gasteiger partial charge < -0.3 is 0 Å². The van der Waals surface area contributed by atoms with E-state index in [1.807, 2.05) is 33.8 Å². The van der Waals surface area contributed by atoms with Crippen molar-refractivity contribution < 1.29 is 0 Å². The van der Waals surface area contributed by atoms with E-state index in [0.717, 1.165) is 0 Å². The number of hydrogen-bond acceptors (Lipinski definition) is 1. The lowest BCUT2D eigenvalue weighted by atomic mass is 10.0. The van der Waals surface area contributed by atoms with Gasteiger partial charge in [-0.3, -0.25) is 0 Å². The highest BCUT2D eigenvalue weighted by atomic mass is 32.1. The molecule has 0 bridgehead atoms. The number of rotatable bonds is 2. The minimum Gasteiger partial charge on any atom is -0.168 e. The molecule has 0 nitrogen and oxygen atoms in total. The quantitative estimate of drug-likeness (QED) is 0.484. The second kappa shape index (κ2) is 7.48. The SMILES string of the molecule is C/C=C\C(=C/C)C(C)(C)S.CC. The fourth-order valence-corrected chi connectivity index (χ4v) is 1.04. The predicted octanol–water partition coefficient (Wildman–Crippen LogP) is 4.24. The first-order valence-electron chi connectivity index (χ1n) is 4.54. The zero-order valence-corrected chi connectivity index (χ0v) is 10.1. The molecule has 0 radical (unpaired) electrons. The maximum absolute atomic E-state index is 4.44. The molecule has 0 spiro atoms. The smallest absolute Gasteiger partial charge is 0.0318 e. The van der Waals surface area contributed by atoms with Crippen LogP contribution in [0.5, 0.6) is 0 Å². The van der Waals surface area contributed by atoms with Crippen LogP contribution in [0.25, 0.3) is 0 Å². The molecule has 0 aromatic carbocycles. The normalized spacial score (nSPS) is 12.8. The third-order valence-electron chi connectivity index (χ3n) is 1.36. The van der Waals surface area contributed by atoms with Gasteiger partial charge in [0.25, 0.3) is 0 Å². The van der Waals surface area contributed by atoms with Gasteiger partial charge in [-0.15, -0.1) is 0 Å². The molecule has 0 aromatic heterocycles. The molecule has 0 heterocycles. The molecular weight excluding hydrogens is 164 g/mol. The van der Waals surface area contributed by atoms with Crippen molar-refractivity contribution >= 4 is 12.6 Å². The lowest BCUT2D eigenvalue weighted by Gasteiger charge is -2.18. The molecule has 0 atom stereocenters. The van der Waals surface area contributed by atoms with Crippen molar-refractivity contribution in [1.82, 2.24) is 0 Å². The Kier molecular flexibility index (Phi) is 8.95. The largest absolute Gasteiger partial charge is 0.168 e. The van der Waals surface area contributed by atoms with Crippen LogP contribution in [-0.4, -0.2) is 4.75 Å². The zero-order valence-electron chi connectivity index (χ0n) is 9.18. The third-order valence-corrected chi connectivity index (χ3v) is 1.62. The summed E-state index contributed by atoms with van der Waals surface area (Å²) in [6.45, 7) is 12.2. The summed E-state index contributed by atoms with van der Waals surface area (Å²) in [5, 5.41) is 0. The molecule has 0 amide bonds. The van der Waals surface area contributed by atoms with Crippen LogP contribution in [0.2, 0.25) is 0 Å². The average Bonchev–Trinajstić information content (AvgIpc) is 2.02. The van der Waals surface area contributed by atoms with Crippen LogP contribution < -0.4 is 0 Å². The van der Waals surface area contributed by atoms with Gasteiger partial charge in [-0.25, -0.2) is 0 Å². The van der Waals surface area contributed by atoms with Gasteiger partial charge in [0.05, 0.1) is 0 Å². The van der Waals surface area contributed by atoms with E-state index >= 15 is 0 Å². The number of allylic oxidation sites excluding steroid dienone is 3. The predicted molar refractivity (Wildman–Crippen MR) is 63.0 cm³/mol. The van der Waals surface area contributed by atoms with Gasteiger partial charge in [0.1, 0.15) is 0 Å². The molecule has 0 unspecified atom stereocenters. The van der Waals surface area contributed by atoms with E-state index in [9.17, 15) is 0 Å². The highest BCUT2D eigenvalue weighted by molar-refractivity contribution is 7.82. The third kappa shape index (κ3) is 6.53. The topological polar surface area (TPSA) is 0 Å². The minimum absolute atomic E-state index is 0.0126. The molecule has 72 valence electrons. The van der Waals surface area contributed by atoms with E-state index in [4.69, 9.17) is 0 Å². The Balaban J connectivity index is 0. The van der Waals surface area contributed by atoms with E-state index in [1.54, 1.807) is 0 Å². The van der Waals surface area contributed by atoms with E-state index in [2.05, 4.69) is 38.6 Å². The van der Waals surface area contributed by atoms with Crippen LogP contribution in [0.1, 0.15) is 41.5 Å².